The first-order valence-electron chi connectivity index (χ1n) is 8.86. The van der Waals surface area contributed by atoms with Crippen LogP contribution in [-0.2, 0) is 16.4 Å². The topological polar surface area (TPSA) is 88.3 Å². The third-order valence-electron chi connectivity index (χ3n) is 4.24. The predicted octanol–water partition coefficient (Wildman–Crippen LogP) is 4.56. The lowest BCUT2D eigenvalue weighted by molar-refractivity contribution is 0.439. The van der Waals surface area contributed by atoms with Crippen molar-refractivity contribution < 1.29 is 21.9 Å². The average Bonchev–Trinajstić information content (AvgIpc) is 2.71. The van der Waals surface area contributed by atoms with Crippen LogP contribution in [0.25, 0.3) is 11.1 Å². The van der Waals surface area contributed by atoms with Gasteiger partial charge in [-0.2, -0.15) is 0 Å². The van der Waals surface area contributed by atoms with Gasteiger partial charge in [-0.3, -0.25) is 9.52 Å². The van der Waals surface area contributed by atoms with Crippen LogP contribution in [0.5, 0.6) is 11.5 Å². The number of ether oxygens (including phenoxy) is 1. The summed E-state index contributed by atoms with van der Waals surface area (Å²) in [5.74, 6) is -1.68. The van der Waals surface area contributed by atoms with Crippen LogP contribution in [0.3, 0.4) is 0 Å². The molecule has 156 valence electrons. The van der Waals surface area contributed by atoms with E-state index in [1.54, 1.807) is 6.07 Å². The SMILES string of the molecule is C=CS(=O)(=O)Nc1ccc(Oc2ccc(F)cc2F)c(-c2c[nH]c(=O)c(CC)c2)c1. The van der Waals surface area contributed by atoms with Gasteiger partial charge in [0.2, 0.25) is 0 Å². The number of benzene rings is 2. The van der Waals surface area contributed by atoms with E-state index in [0.717, 1.165) is 17.5 Å². The lowest BCUT2D eigenvalue weighted by Gasteiger charge is -2.15. The zero-order chi connectivity index (χ0) is 21.9. The molecule has 2 aromatic carbocycles. The molecule has 0 saturated carbocycles. The van der Waals surface area contributed by atoms with E-state index >= 15 is 0 Å². The van der Waals surface area contributed by atoms with Crippen molar-refractivity contribution >= 4 is 15.7 Å². The number of hydrogen-bond donors (Lipinski definition) is 2. The second kappa shape index (κ2) is 8.50. The van der Waals surface area contributed by atoms with Crippen molar-refractivity contribution in [3.05, 3.63) is 88.2 Å². The van der Waals surface area contributed by atoms with Crippen molar-refractivity contribution in [1.29, 1.82) is 0 Å². The first-order valence-corrected chi connectivity index (χ1v) is 10.4. The van der Waals surface area contributed by atoms with E-state index in [0.29, 0.717) is 29.2 Å². The molecule has 0 spiro atoms. The fourth-order valence-corrected chi connectivity index (χ4v) is 3.28. The molecule has 1 aromatic heterocycles. The highest BCUT2D eigenvalue weighted by Gasteiger charge is 2.15. The van der Waals surface area contributed by atoms with Gasteiger partial charge >= 0.3 is 0 Å². The smallest absolute Gasteiger partial charge is 0.254 e. The van der Waals surface area contributed by atoms with Crippen LogP contribution in [0.2, 0.25) is 0 Å². The van der Waals surface area contributed by atoms with Gasteiger partial charge in [0.05, 0.1) is 0 Å². The molecule has 0 amide bonds. The van der Waals surface area contributed by atoms with Crippen molar-refractivity contribution in [1.82, 2.24) is 4.98 Å². The number of hydrogen-bond acceptors (Lipinski definition) is 4. The van der Waals surface area contributed by atoms with Crippen LogP contribution in [0.4, 0.5) is 14.5 Å². The zero-order valence-corrected chi connectivity index (χ0v) is 16.7. The Kier molecular flexibility index (Phi) is 6.02. The third-order valence-corrected chi connectivity index (χ3v) is 5.20. The molecule has 0 radical (unpaired) electrons. The normalized spacial score (nSPS) is 11.2. The molecule has 0 aliphatic rings. The van der Waals surface area contributed by atoms with Gasteiger partial charge in [0.25, 0.3) is 15.6 Å². The zero-order valence-electron chi connectivity index (χ0n) is 15.9. The molecule has 9 heteroatoms. The molecule has 0 unspecified atom stereocenters. The average molecular weight is 432 g/mol. The summed E-state index contributed by atoms with van der Waals surface area (Å²) in [4.78, 5) is 14.5. The van der Waals surface area contributed by atoms with E-state index in [1.165, 1.54) is 24.4 Å². The maximum Gasteiger partial charge on any atom is 0.254 e. The number of pyridine rings is 1. The monoisotopic (exact) mass is 432 g/mol. The predicted molar refractivity (Wildman–Crippen MR) is 111 cm³/mol. The van der Waals surface area contributed by atoms with Gasteiger partial charge in [-0.15, -0.1) is 0 Å². The minimum Gasteiger partial charge on any atom is -0.454 e. The van der Waals surface area contributed by atoms with Gasteiger partial charge in [-0.1, -0.05) is 13.5 Å². The first kappa shape index (κ1) is 21.3. The number of rotatable bonds is 7. The Bertz CT molecular complexity index is 1270. The highest BCUT2D eigenvalue weighted by atomic mass is 32.2. The van der Waals surface area contributed by atoms with Gasteiger partial charge in [0, 0.05) is 40.0 Å². The Hall–Kier alpha value is -3.46. The Balaban J connectivity index is 2.13. The molecule has 3 aromatic rings. The summed E-state index contributed by atoms with van der Waals surface area (Å²) >= 11 is 0. The van der Waals surface area contributed by atoms with E-state index in [9.17, 15) is 22.0 Å². The van der Waals surface area contributed by atoms with Crippen molar-refractivity contribution in [2.75, 3.05) is 4.72 Å². The van der Waals surface area contributed by atoms with Crippen LogP contribution in [-0.4, -0.2) is 13.4 Å². The Labute approximate surface area is 171 Å². The second-order valence-electron chi connectivity index (χ2n) is 6.30. The molecule has 3 rings (SSSR count). The fraction of sp³-hybridized carbons (Fsp3) is 0.0952. The van der Waals surface area contributed by atoms with Crippen molar-refractivity contribution in [3.8, 4) is 22.6 Å². The summed E-state index contributed by atoms with van der Waals surface area (Å²) in [7, 11) is -3.76. The molecule has 30 heavy (non-hydrogen) atoms. The van der Waals surface area contributed by atoms with Crippen LogP contribution in [0.1, 0.15) is 12.5 Å². The highest BCUT2D eigenvalue weighted by molar-refractivity contribution is 7.95. The number of halogens is 2. The quantitative estimate of drug-likeness (QED) is 0.573. The largest absolute Gasteiger partial charge is 0.454 e. The maximum atomic E-state index is 14.1. The minimum absolute atomic E-state index is 0.177. The fourth-order valence-electron chi connectivity index (χ4n) is 2.74. The minimum atomic E-state index is -3.76. The Morgan fingerprint density at radius 3 is 2.53 bits per heavy atom. The number of aromatic nitrogens is 1. The lowest BCUT2D eigenvalue weighted by Crippen LogP contribution is -2.11. The molecule has 1 heterocycles. The van der Waals surface area contributed by atoms with Gasteiger partial charge in [0.15, 0.2) is 11.6 Å². The van der Waals surface area contributed by atoms with Gasteiger partial charge in [-0.25, -0.2) is 17.2 Å². The number of nitrogens with one attached hydrogen (secondary N) is 2. The standard InChI is InChI=1S/C21H18F2N2O4S/c1-3-13-9-14(12-24-21(13)26)17-11-16(25-30(27,28)4-2)6-8-19(17)29-20-7-5-15(22)10-18(20)23/h4-12,25H,2-3H2,1H3,(H,24,26). The van der Waals surface area contributed by atoms with Crippen molar-refractivity contribution in [3.63, 3.8) is 0 Å². The second-order valence-corrected chi connectivity index (χ2v) is 7.93. The number of aromatic amines is 1. The third kappa shape index (κ3) is 4.74. The summed E-state index contributed by atoms with van der Waals surface area (Å²) in [5, 5.41) is 0.764. The molecule has 0 bridgehead atoms. The van der Waals surface area contributed by atoms with E-state index in [1.807, 2.05) is 6.92 Å². The maximum absolute atomic E-state index is 14.1. The summed E-state index contributed by atoms with van der Waals surface area (Å²) in [6.07, 6.45) is 1.91. The number of aryl methyl sites for hydroxylation is 1. The van der Waals surface area contributed by atoms with E-state index in [4.69, 9.17) is 4.74 Å². The summed E-state index contributed by atoms with van der Waals surface area (Å²) in [6.45, 7) is 5.06. The molecular weight excluding hydrogens is 414 g/mol. The summed E-state index contributed by atoms with van der Waals surface area (Å²) in [6, 6.07) is 8.87. The van der Waals surface area contributed by atoms with Crippen LogP contribution in [0.15, 0.2) is 65.4 Å². The Morgan fingerprint density at radius 2 is 1.87 bits per heavy atom. The Morgan fingerprint density at radius 1 is 1.13 bits per heavy atom. The number of H-pyrrole nitrogens is 1. The summed E-state index contributed by atoms with van der Waals surface area (Å²) in [5.41, 5.74) is 1.36. The molecule has 0 aliphatic heterocycles. The number of anilines is 1. The van der Waals surface area contributed by atoms with Gasteiger partial charge < -0.3 is 9.72 Å². The molecular formula is C21H18F2N2O4S. The van der Waals surface area contributed by atoms with Crippen molar-refractivity contribution in [2.45, 2.75) is 13.3 Å². The van der Waals surface area contributed by atoms with E-state index in [-0.39, 0.29) is 22.7 Å². The molecule has 0 saturated heterocycles. The molecule has 6 nitrogen and oxygen atoms in total. The van der Waals surface area contributed by atoms with Gasteiger partial charge in [-0.05, 0) is 42.8 Å². The molecule has 0 atom stereocenters. The van der Waals surface area contributed by atoms with E-state index < -0.39 is 21.7 Å². The van der Waals surface area contributed by atoms with Crippen LogP contribution >= 0.6 is 0 Å². The van der Waals surface area contributed by atoms with Gasteiger partial charge in [0.1, 0.15) is 11.6 Å². The molecule has 0 fully saturated rings. The molecule has 2 N–H and O–H groups in total. The van der Waals surface area contributed by atoms with Crippen LogP contribution < -0.4 is 15.0 Å². The van der Waals surface area contributed by atoms with Crippen molar-refractivity contribution in [2.24, 2.45) is 0 Å². The number of sulfonamides is 1. The van der Waals surface area contributed by atoms with Crippen LogP contribution in [0, 0.1) is 11.6 Å². The molecule has 0 aliphatic carbocycles. The lowest BCUT2D eigenvalue weighted by atomic mass is 10.0. The highest BCUT2D eigenvalue weighted by Crippen LogP contribution is 2.36. The van der Waals surface area contributed by atoms with E-state index in [2.05, 4.69) is 16.3 Å². The summed E-state index contributed by atoms with van der Waals surface area (Å²) < 4.78 is 58.9. The first-order chi connectivity index (χ1) is 14.2.